The number of hydrogen-bond donors (Lipinski definition) is 2. The maximum Gasteiger partial charge on any atom is 0.489 e. The quantitative estimate of drug-likeness (QED) is 0.344. The van der Waals surface area contributed by atoms with Gasteiger partial charge in [-0.05, 0) is 80.4 Å². The van der Waals surface area contributed by atoms with E-state index in [9.17, 15) is 8.78 Å². The zero-order valence-corrected chi connectivity index (χ0v) is 15.2. The molecule has 2 N–H and O–H groups in total. The van der Waals surface area contributed by atoms with E-state index in [1.54, 1.807) is 6.07 Å². The minimum atomic E-state index is -1.64. The molecular formula is C12H8BBr2F2IO2. The molecule has 0 aromatic heterocycles. The van der Waals surface area contributed by atoms with Crippen LogP contribution in [-0.2, 0) is 0 Å². The fourth-order valence-corrected chi connectivity index (χ4v) is 2.36. The van der Waals surface area contributed by atoms with Crippen molar-refractivity contribution in [1.82, 2.24) is 0 Å². The van der Waals surface area contributed by atoms with Gasteiger partial charge in [-0.2, -0.15) is 0 Å². The maximum absolute atomic E-state index is 12.5. The first-order chi connectivity index (χ1) is 9.31. The van der Waals surface area contributed by atoms with Crippen molar-refractivity contribution in [2.24, 2.45) is 0 Å². The number of rotatable bonds is 1. The fraction of sp³-hybridized carbons (Fsp3) is 0. The molecule has 0 unspecified atom stereocenters. The van der Waals surface area contributed by atoms with Crippen LogP contribution in [0.3, 0.4) is 0 Å². The van der Waals surface area contributed by atoms with Gasteiger partial charge in [0.15, 0.2) is 0 Å². The van der Waals surface area contributed by atoms with Gasteiger partial charge in [0.2, 0.25) is 0 Å². The average Bonchev–Trinajstić information content (AvgIpc) is 2.38. The summed E-state index contributed by atoms with van der Waals surface area (Å²) in [5.74, 6) is -0.682. The molecule has 2 rings (SSSR count). The predicted molar refractivity (Wildman–Crippen MR) is 90.7 cm³/mol. The summed E-state index contributed by atoms with van der Waals surface area (Å²) in [5.41, 5.74) is 0.130. The molecule has 0 heterocycles. The Labute approximate surface area is 145 Å². The predicted octanol–water partition coefficient (Wildman–Crippen LogP) is 3.46. The van der Waals surface area contributed by atoms with Crippen molar-refractivity contribution in [3.05, 3.63) is 60.5 Å². The molecule has 2 aromatic rings. The Bertz CT molecular complexity index is 600. The molecule has 2 aromatic carbocycles. The van der Waals surface area contributed by atoms with Gasteiger partial charge >= 0.3 is 7.12 Å². The summed E-state index contributed by atoms with van der Waals surface area (Å²) in [6.45, 7) is 0. The van der Waals surface area contributed by atoms with Crippen LogP contribution in [0.25, 0.3) is 0 Å². The summed E-state index contributed by atoms with van der Waals surface area (Å²) in [6, 6.07) is 8.31. The van der Waals surface area contributed by atoms with Crippen LogP contribution in [0.2, 0.25) is 0 Å². The van der Waals surface area contributed by atoms with E-state index in [0.29, 0.717) is 4.47 Å². The molecule has 106 valence electrons. The topological polar surface area (TPSA) is 40.5 Å². The van der Waals surface area contributed by atoms with E-state index >= 15 is 0 Å². The van der Waals surface area contributed by atoms with Gasteiger partial charge in [-0.15, -0.1) is 0 Å². The molecule has 0 spiro atoms. The summed E-state index contributed by atoms with van der Waals surface area (Å²) >= 11 is 8.36. The van der Waals surface area contributed by atoms with Gasteiger partial charge in [0.25, 0.3) is 0 Å². The van der Waals surface area contributed by atoms with Crippen molar-refractivity contribution in [3.63, 3.8) is 0 Å². The molecule has 0 aliphatic carbocycles. The summed E-state index contributed by atoms with van der Waals surface area (Å²) in [6.07, 6.45) is 0. The normalized spacial score (nSPS) is 9.75. The lowest BCUT2D eigenvalue weighted by molar-refractivity contribution is 0.425. The van der Waals surface area contributed by atoms with Crippen molar-refractivity contribution in [3.8, 4) is 0 Å². The van der Waals surface area contributed by atoms with E-state index < -0.39 is 12.9 Å². The molecule has 0 saturated carbocycles. The minimum Gasteiger partial charge on any atom is -0.423 e. The van der Waals surface area contributed by atoms with Crippen molar-refractivity contribution in [2.45, 2.75) is 0 Å². The highest BCUT2D eigenvalue weighted by molar-refractivity contribution is 14.1. The maximum atomic E-state index is 12.5. The van der Waals surface area contributed by atoms with E-state index in [0.717, 1.165) is 14.1 Å². The van der Waals surface area contributed by atoms with Crippen molar-refractivity contribution < 1.29 is 18.8 Å². The minimum absolute atomic E-state index is 0.130. The summed E-state index contributed by atoms with van der Waals surface area (Å²) in [4.78, 5) is 0. The van der Waals surface area contributed by atoms with Gasteiger partial charge in [-0.25, -0.2) is 8.78 Å². The number of halogens is 5. The van der Waals surface area contributed by atoms with Crippen LogP contribution in [0, 0.1) is 15.2 Å². The fourth-order valence-electron chi connectivity index (χ4n) is 1.18. The van der Waals surface area contributed by atoms with Gasteiger partial charge in [-0.3, -0.25) is 0 Å². The summed E-state index contributed by atoms with van der Waals surface area (Å²) < 4.78 is 27.1. The van der Waals surface area contributed by atoms with E-state index in [1.807, 2.05) is 0 Å². The summed E-state index contributed by atoms with van der Waals surface area (Å²) in [7, 11) is -1.64. The molecule has 0 saturated heterocycles. The Hall–Kier alpha value is -0.0251. The molecular weight excluding hydrogens is 512 g/mol. The van der Waals surface area contributed by atoms with Crippen LogP contribution in [0.15, 0.2) is 45.3 Å². The lowest BCUT2D eigenvalue weighted by Gasteiger charge is -2.01. The monoisotopic (exact) mass is 518 g/mol. The first-order valence-corrected chi connectivity index (χ1v) is 7.89. The van der Waals surface area contributed by atoms with E-state index in [1.165, 1.54) is 24.3 Å². The molecule has 0 aliphatic heterocycles. The Morgan fingerprint density at radius 3 is 1.80 bits per heavy atom. The number of hydrogen-bond acceptors (Lipinski definition) is 2. The molecule has 20 heavy (non-hydrogen) atoms. The van der Waals surface area contributed by atoms with Crippen LogP contribution in [0.4, 0.5) is 8.78 Å². The van der Waals surface area contributed by atoms with Crippen LogP contribution >= 0.6 is 54.5 Å². The second kappa shape index (κ2) is 8.43. The summed E-state index contributed by atoms with van der Waals surface area (Å²) in [5, 5.41) is 17.4. The highest BCUT2D eigenvalue weighted by Crippen LogP contribution is 2.18. The Morgan fingerprint density at radius 2 is 1.40 bits per heavy atom. The Balaban J connectivity index is 0.000000204. The molecule has 8 heteroatoms. The highest BCUT2D eigenvalue weighted by atomic mass is 127. The zero-order valence-electron chi connectivity index (χ0n) is 9.83. The second-order valence-corrected chi connectivity index (χ2v) is 6.47. The van der Waals surface area contributed by atoms with Crippen LogP contribution in [-0.4, -0.2) is 17.2 Å². The van der Waals surface area contributed by atoms with Crippen molar-refractivity contribution >= 4 is 67.0 Å². The van der Waals surface area contributed by atoms with Crippen LogP contribution in [0.5, 0.6) is 0 Å². The largest absolute Gasteiger partial charge is 0.489 e. The second-order valence-electron chi connectivity index (χ2n) is 3.60. The van der Waals surface area contributed by atoms with Crippen molar-refractivity contribution in [2.75, 3.05) is 0 Å². The van der Waals surface area contributed by atoms with Crippen LogP contribution < -0.4 is 5.46 Å². The Kier molecular flexibility index (Phi) is 7.59. The van der Waals surface area contributed by atoms with Gasteiger partial charge in [-0.1, -0.05) is 15.9 Å². The number of benzene rings is 2. The van der Waals surface area contributed by atoms with Gasteiger partial charge < -0.3 is 10.0 Å². The lowest BCUT2D eigenvalue weighted by atomic mass is 9.80. The molecule has 0 amide bonds. The first-order valence-electron chi connectivity index (χ1n) is 5.23. The van der Waals surface area contributed by atoms with E-state index in [2.05, 4.69) is 54.5 Å². The third-order valence-electron chi connectivity index (χ3n) is 2.12. The molecule has 0 atom stereocenters. The standard InChI is InChI=1S/C6H5BBrFO2.C6H3BrFI/c8-6-2-1-4(9)3-5(6)7(10)11;7-5-2-1-4(8)3-6(5)9/h1-3,10-11H;1-3H. The Morgan fingerprint density at radius 1 is 0.900 bits per heavy atom. The highest BCUT2D eigenvalue weighted by Gasteiger charge is 2.14. The van der Waals surface area contributed by atoms with E-state index in [-0.39, 0.29) is 11.3 Å². The van der Waals surface area contributed by atoms with Gasteiger partial charge in [0.05, 0.1) is 0 Å². The third kappa shape index (κ3) is 5.76. The third-order valence-corrected chi connectivity index (χ3v) is 5.17. The smallest absolute Gasteiger partial charge is 0.423 e. The molecule has 0 aliphatic rings. The lowest BCUT2D eigenvalue weighted by Crippen LogP contribution is -2.31. The van der Waals surface area contributed by atoms with Crippen molar-refractivity contribution in [1.29, 1.82) is 0 Å². The van der Waals surface area contributed by atoms with Gasteiger partial charge in [0.1, 0.15) is 11.6 Å². The molecule has 0 fully saturated rings. The molecule has 0 bridgehead atoms. The average molecular weight is 520 g/mol. The van der Waals surface area contributed by atoms with E-state index in [4.69, 9.17) is 10.0 Å². The molecule has 2 nitrogen and oxygen atoms in total. The van der Waals surface area contributed by atoms with Crippen LogP contribution in [0.1, 0.15) is 0 Å². The van der Waals surface area contributed by atoms with Gasteiger partial charge in [0, 0.05) is 12.5 Å². The zero-order chi connectivity index (χ0) is 15.3. The first kappa shape index (κ1) is 18.0. The SMILES string of the molecule is Fc1ccc(Br)c(I)c1.OB(O)c1cc(F)ccc1Br. The molecule has 0 radical (unpaired) electrons.